The maximum Gasteiger partial charge on any atom is 0.261 e. The minimum atomic E-state index is -0.0373. The van der Waals surface area contributed by atoms with E-state index < -0.39 is 0 Å². The van der Waals surface area contributed by atoms with E-state index in [4.69, 9.17) is 0 Å². The largest absolute Gasteiger partial charge is 0.356 e. The highest BCUT2D eigenvalue weighted by molar-refractivity contribution is 7.12. The van der Waals surface area contributed by atoms with Gasteiger partial charge in [-0.15, -0.1) is 23.7 Å². The van der Waals surface area contributed by atoms with Crippen LogP contribution in [0.5, 0.6) is 0 Å². The van der Waals surface area contributed by atoms with Crippen molar-refractivity contribution in [3.05, 3.63) is 22.4 Å². The molecule has 0 aromatic carbocycles. The van der Waals surface area contributed by atoms with Crippen molar-refractivity contribution in [2.75, 3.05) is 26.2 Å². The van der Waals surface area contributed by atoms with Crippen molar-refractivity contribution < 1.29 is 9.59 Å². The normalized spacial score (nSPS) is 18.3. The molecule has 1 aromatic heterocycles. The third kappa shape index (κ3) is 7.20. The Morgan fingerprint density at radius 3 is 2.83 bits per heavy atom. The molecule has 0 saturated carbocycles. The standard InChI is InChI=1S/C17H27N3O2S.ClH/c1-13(14-5-2-7-18-12-14)11-16(21)19-8-4-9-20-17(22)15-6-3-10-23-15;/h3,6,10,13-14,18H,2,4-5,7-9,11-12H2,1H3,(H,19,21)(H,20,22);1H. The van der Waals surface area contributed by atoms with Crippen LogP contribution in [-0.4, -0.2) is 38.0 Å². The van der Waals surface area contributed by atoms with Crippen LogP contribution in [0, 0.1) is 11.8 Å². The Kier molecular flexibility index (Phi) is 9.98. The van der Waals surface area contributed by atoms with Gasteiger partial charge in [0.25, 0.3) is 5.91 Å². The van der Waals surface area contributed by atoms with Gasteiger partial charge in [-0.1, -0.05) is 13.0 Å². The Bertz CT molecular complexity index is 490. The second-order valence-corrected chi connectivity index (χ2v) is 7.17. The molecule has 2 heterocycles. The fraction of sp³-hybridized carbons (Fsp3) is 0.647. The molecule has 5 nitrogen and oxygen atoms in total. The number of halogens is 1. The average Bonchev–Trinajstić information content (AvgIpc) is 3.09. The lowest BCUT2D eigenvalue weighted by Crippen LogP contribution is -2.36. The maximum absolute atomic E-state index is 12.0. The molecule has 0 radical (unpaired) electrons. The van der Waals surface area contributed by atoms with Crippen molar-refractivity contribution >= 4 is 35.6 Å². The number of hydrogen-bond donors (Lipinski definition) is 3. The first-order valence-electron chi connectivity index (χ1n) is 8.46. The molecule has 7 heteroatoms. The number of carbonyl (C=O) groups excluding carboxylic acids is 2. The van der Waals surface area contributed by atoms with Crippen molar-refractivity contribution in [1.29, 1.82) is 0 Å². The highest BCUT2D eigenvalue weighted by Crippen LogP contribution is 2.22. The fourth-order valence-electron chi connectivity index (χ4n) is 2.91. The molecule has 3 N–H and O–H groups in total. The van der Waals surface area contributed by atoms with Gasteiger partial charge in [-0.2, -0.15) is 0 Å². The predicted molar refractivity (Wildman–Crippen MR) is 101 cm³/mol. The van der Waals surface area contributed by atoms with Gasteiger partial charge in [0, 0.05) is 19.5 Å². The third-order valence-electron chi connectivity index (χ3n) is 4.35. The van der Waals surface area contributed by atoms with Gasteiger partial charge >= 0.3 is 0 Å². The fourth-order valence-corrected chi connectivity index (χ4v) is 3.55. The van der Waals surface area contributed by atoms with Crippen LogP contribution in [0.2, 0.25) is 0 Å². The molecule has 0 bridgehead atoms. The Balaban J connectivity index is 0.00000288. The highest BCUT2D eigenvalue weighted by Gasteiger charge is 2.21. The number of thiophene rings is 1. The number of rotatable bonds is 8. The zero-order valence-corrected chi connectivity index (χ0v) is 15.8. The summed E-state index contributed by atoms with van der Waals surface area (Å²) in [6, 6.07) is 3.67. The summed E-state index contributed by atoms with van der Waals surface area (Å²) < 4.78 is 0. The summed E-state index contributed by atoms with van der Waals surface area (Å²) in [5.74, 6) is 1.11. The quantitative estimate of drug-likeness (QED) is 0.613. The molecule has 1 aliphatic rings. The Morgan fingerprint density at radius 1 is 1.38 bits per heavy atom. The first-order chi connectivity index (χ1) is 11.2. The minimum Gasteiger partial charge on any atom is -0.356 e. The zero-order chi connectivity index (χ0) is 16.5. The molecule has 1 aliphatic heterocycles. The first-order valence-corrected chi connectivity index (χ1v) is 9.34. The number of piperidine rings is 1. The summed E-state index contributed by atoms with van der Waals surface area (Å²) in [6.45, 7) is 5.49. The first kappa shape index (κ1) is 20.9. The lowest BCUT2D eigenvalue weighted by Gasteiger charge is -2.28. The van der Waals surface area contributed by atoms with E-state index in [1.807, 2.05) is 17.5 Å². The van der Waals surface area contributed by atoms with E-state index >= 15 is 0 Å². The zero-order valence-electron chi connectivity index (χ0n) is 14.2. The van der Waals surface area contributed by atoms with Crippen molar-refractivity contribution in [2.45, 2.75) is 32.6 Å². The van der Waals surface area contributed by atoms with E-state index in [2.05, 4.69) is 22.9 Å². The van der Waals surface area contributed by atoms with E-state index in [9.17, 15) is 9.59 Å². The van der Waals surface area contributed by atoms with Crippen molar-refractivity contribution in [3.8, 4) is 0 Å². The molecule has 136 valence electrons. The topological polar surface area (TPSA) is 70.2 Å². The van der Waals surface area contributed by atoms with Crippen LogP contribution >= 0.6 is 23.7 Å². The van der Waals surface area contributed by atoms with Crippen LogP contribution in [0.25, 0.3) is 0 Å². The Morgan fingerprint density at radius 2 is 2.17 bits per heavy atom. The lowest BCUT2D eigenvalue weighted by molar-refractivity contribution is -0.122. The Labute approximate surface area is 154 Å². The number of nitrogens with one attached hydrogen (secondary N) is 3. The number of carbonyl (C=O) groups is 2. The van der Waals surface area contributed by atoms with E-state index in [1.54, 1.807) is 0 Å². The second kappa shape index (κ2) is 11.4. The molecule has 0 spiro atoms. The van der Waals surface area contributed by atoms with Crippen LogP contribution < -0.4 is 16.0 Å². The average molecular weight is 374 g/mol. The molecule has 2 amide bonds. The van der Waals surface area contributed by atoms with Gasteiger partial charge in [0.15, 0.2) is 0 Å². The van der Waals surface area contributed by atoms with Crippen molar-refractivity contribution in [1.82, 2.24) is 16.0 Å². The van der Waals surface area contributed by atoms with Gasteiger partial charge < -0.3 is 16.0 Å². The highest BCUT2D eigenvalue weighted by atomic mass is 35.5. The van der Waals surface area contributed by atoms with Crippen molar-refractivity contribution in [2.24, 2.45) is 11.8 Å². The van der Waals surface area contributed by atoms with Crippen LogP contribution in [0.1, 0.15) is 42.3 Å². The summed E-state index contributed by atoms with van der Waals surface area (Å²) in [6.07, 6.45) is 3.77. The molecular formula is C17H28ClN3O2S. The molecule has 1 fully saturated rings. The van der Waals surface area contributed by atoms with Crippen LogP contribution in [0.3, 0.4) is 0 Å². The minimum absolute atomic E-state index is 0. The van der Waals surface area contributed by atoms with Crippen molar-refractivity contribution in [3.63, 3.8) is 0 Å². The molecule has 2 rings (SSSR count). The van der Waals surface area contributed by atoms with E-state index in [1.165, 1.54) is 24.2 Å². The van der Waals surface area contributed by atoms with Gasteiger partial charge in [0.05, 0.1) is 4.88 Å². The molecule has 0 aliphatic carbocycles. The van der Waals surface area contributed by atoms with Crippen LogP contribution in [0.4, 0.5) is 0 Å². The maximum atomic E-state index is 12.0. The summed E-state index contributed by atoms with van der Waals surface area (Å²) in [4.78, 5) is 24.4. The summed E-state index contributed by atoms with van der Waals surface area (Å²) in [5.41, 5.74) is 0. The lowest BCUT2D eigenvalue weighted by atomic mass is 9.85. The van der Waals surface area contributed by atoms with Gasteiger partial charge in [-0.3, -0.25) is 9.59 Å². The van der Waals surface area contributed by atoms with E-state index in [0.717, 1.165) is 24.4 Å². The molecule has 1 saturated heterocycles. The van der Waals surface area contributed by atoms with E-state index in [-0.39, 0.29) is 24.2 Å². The number of hydrogen-bond acceptors (Lipinski definition) is 4. The smallest absolute Gasteiger partial charge is 0.261 e. The monoisotopic (exact) mass is 373 g/mol. The molecular weight excluding hydrogens is 346 g/mol. The Hall–Kier alpha value is -1.11. The van der Waals surface area contributed by atoms with Gasteiger partial charge in [0.2, 0.25) is 5.91 Å². The summed E-state index contributed by atoms with van der Waals surface area (Å²) in [5, 5.41) is 11.1. The van der Waals surface area contributed by atoms with E-state index in [0.29, 0.717) is 31.3 Å². The molecule has 2 unspecified atom stereocenters. The molecule has 1 aromatic rings. The summed E-state index contributed by atoms with van der Waals surface area (Å²) >= 11 is 1.43. The SMILES string of the molecule is CC(CC(=O)NCCCNC(=O)c1cccs1)C1CCCNC1.Cl. The van der Waals surface area contributed by atoms with Crippen LogP contribution in [-0.2, 0) is 4.79 Å². The predicted octanol–water partition coefficient (Wildman–Crippen LogP) is 2.43. The second-order valence-electron chi connectivity index (χ2n) is 6.22. The van der Waals surface area contributed by atoms with Crippen LogP contribution in [0.15, 0.2) is 17.5 Å². The summed E-state index contributed by atoms with van der Waals surface area (Å²) in [7, 11) is 0. The molecule has 24 heavy (non-hydrogen) atoms. The van der Waals surface area contributed by atoms with Gasteiger partial charge in [-0.25, -0.2) is 0 Å². The van der Waals surface area contributed by atoms with Gasteiger partial charge in [0.1, 0.15) is 0 Å². The van der Waals surface area contributed by atoms with Gasteiger partial charge in [-0.05, 0) is 55.6 Å². The third-order valence-corrected chi connectivity index (χ3v) is 5.22. The number of amides is 2. The molecule has 2 atom stereocenters.